The third kappa shape index (κ3) is 5.00. The largest absolute Gasteiger partial charge is 0.416 e. The van der Waals surface area contributed by atoms with E-state index < -0.39 is 17.6 Å². The summed E-state index contributed by atoms with van der Waals surface area (Å²) in [5.41, 5.74) is -0.591. The number of rotatable bonds is 5. The second-order valence-corrected chi connectivity index (χ2v) is 3.95. The molecule has 0 fully saturated rings. The molecule has 0 atom stereocenters. The lowest BCUT2D eigenvalue weighted by atomic mass is 10.1. The Morgan fingerprint density at radius 2 is 1.84 bits per heavy atom. The number of unbranched alkanes of at least 4 members (excludes halogenated alkanes) is 2. The van der Waals surface area contributed by atoms with Crippen molar-refractivity contribution in [2.75, 3.05) is 6.54 Å². The Hall–Kier alpha value is -2.03. The number of carbonyl (C=O) groups is 1. The van der Waals surface area contributed by atoms with E-state index >= 15 is 0 Å². The van der Waals surface area contributed by atoms with Crippen molar-refractivity contribution in [1.29, 1.82) is 5.26 Å². The van der Waals surface area contributed by atoms with E-state index in [0.717, 1.165) is 24.3 Å². The zero-order valence-electron chi connectivity index (χ0n) is 10.1. The molecule has 3 nitrogen and oxygen atoms in total. The first kappa shape index (κ1) is 15.0. The summed E-state index contributed by atoms with van der Waals surface area (Å²) in [4.78, 5) is 11.6. The molecule has 0 radical (unpaired) electrons. The van der Waals surface area contributed by atoms with Gasteiger partial charge in [0.25, 0.3) is 5.91 Å². The van der Waals surface area contributed by atoms with Gasteiger partial charge in [-0.05, 0) is 37.1 Å². The van der Waals surface area contributed by atoms with E-state index in [9.17, 15) is 18.0 Å². The van der Waals surface area contributed by atoms with E-state index in [2.05, 4.69) is 5.32 Å². The van der Waals surface area contributed by atoms with Gasteiger partial charge in [-0.25, -0.2) is 0 Å². The minimum absolute atomic E-state index is 0.188. The maximum Gasteiger partial charge on any atom is 0.416 e. The van der Waals surface area contributed by atoms with E-state index in [-0.39, 0.29) is 5.56 Å². The van der Waals surface area contributed by atoms with Crippen LogP contribution in [-0.2, 0) is 6.18 Å². The summed E-state index contributed by atoms with van der Waals surface area (Å²) in [6.45, 7) is 0.404. The molecule has 0 aromatic heterocycles. The van der Waals surface area contributed by atoms with Crippen LogP contribution in [0.25, 0.3) is 0 Å². The maximum atomic E-state index is 12.3. The van der Waals surface area contributed by atoms with Gasteiger partial charge in [-0.1, -0.05) is 0 Å². The number of carbonyl (C=O) groups excluding carboxylic acids is 1. The van der Waals surface area contributed by atoms with Crippen LogP contribution in [0.1, 0.15) is 35.2 Å². The van der Waals surface area contributed by atoms with Gasteiger partial charge in [-0.3, -0.25) is 4.79 Å². The van der Waals surface area contributed by atoms with Gasteiger partial charge in [0.05, 0.1) is 11.6 Å². The lowest BCUT2D eigenvalue weighted by Gasteiger charge is -2.08. The van der Waals surface area contributed by atoms with Gasteiger partial charge >= 0.3 is 6.18 Å². The van der Waals surface area contributed by atoms with E-state index in [1.54, 1.807) is 0 Å². The Balaban J connectivity index is 2.48. The molecule has 0 saturated heterocycles. The Kier molecular flexibility index (Phi) is 5.37. The molecule has 1 rings (SSSR count). The molecule has 0 heterocycles. The quantitative estimate of drug-likeness (QED) is 0.836. The molecule has 0 spiro atoms. The SMILES string of the molecule is N#CCCCCNC(=O)c1ccc(C(F)(F)F)cc1. The van der Waals surface area contributed by atoms with Crippen molar-refractivity contribution >= 4 is 5.91 Å². The minimum Gasteiger partial charge on any atom is -0.352 e. The standard InChI is InChI=1S/C13H13F3N2O/c14-13(15,16)11-6-4-10(5-7-11)12(19)18-9-3-1-2-8-17/h4-7H,1-3,9H2,(H,18,19). The van der Waals surface area contributed by atoms with Crippen LogP contribution < -0.4 is 5.32 Å². The van der Waals surface area contributed by atoms with Gasteiger partial charge in [0.15, 0.2) is 0 Å². The van der Waals surface area contributed by atoms with Crippen molar-refractivity contribution in [3.05, 3.63) is 35.4 Å². The fourth-order valence-corrected chi connectivity index (χ4v) is 1.44. The summed E-state index contributed by atoms with van der Waals surface area (Å²) in [5, 5.41) is 10.9. The van der Waals surface area contributed by atoms with Gasteiger partial charge < -0.3 is 5.32 Å². The molecule has 1 amide bonds. The van der Waals surface area contributed by atoms with Gasteiger partial charge in [0, 0.05) is 18.5 Å². The summed E-state index contributed by atoms with van der Waals surface area (Å²) in [6, 6.07) is 6.04. The summed E-state index contributed by atoms with van der Waals surface area (Å²) in [7, 11) is 0. The van der Waals surface area contributed by atoms with E-state index in [4.69, 9.17) is 5.26 Å². The second-order valence-electron chi connectivity index (χ2n) is 3.95. The predicted octanol–water partition coefficient (Wildman–Crippen LogP) is 3.13. The highest BCUT2D eigenvalue weighted by Gasteiger charge is 2.30. The third-order valence-electron chi connectivity index (χ3n) is 2.48. The summed E-state index contributed by atoms with van der Waals surface area (Å²) in [5.74, 6) is -0.411. The molecule has 0 aliphatic heterocycles. The zero-order valence-corrected chi connectivity index (χ0v) is 10.1. The van der Waals surface area contributed by atoms with Gasteiger partial charge in [0.2, 0.25) is 0 Å². The topological polar surface area (TPSA) is 52.9 Å². The Morgan fingerprint density at radius 1 is 1.21 bits per heavy atom. The van der Waals surface area contributed by atoms with E-state index in [1.165, 1.54) is 0 Å². The highest BCUT2D eigenvalue weighted by atomic mass is 19.4. The van der Waals surface area contributed by atoms with E-state index in [1.807, 2.05) is 6.07 Å². The normalized spacial score (nSPS) is 10.8. The fraction of sp³-hybridized carbons (Fsp3) is 0.385. The zero-order chi connectivity index (χ0) is 14.3. The summed E-state index contributed by atoms with van der Waals surface area (Å²) >= 11 is 0. The average Bonchev–Trinajstić information content (AvgIpc) is 2.37. The average molecular weight is 270 g/mol. The van der Waals surface area contributed by atoms with Gasteiger partial charge in [-0.15, -0.1) is 0 Å². The first-order chi connectivity index (χ1) is 8.95. The predicted molar refractivity (Wildman–Crippen MR) is 63.2 cm³/mol. The first-order valence-corrected chi connectivity index (χ1v) is 5.77. The maximum absolute atomic E-state index is 12.3. The molecule has 6 heteroatoms. The van der Waals surface area contributed by atoms with Crippen LogP contribution >= 0.6 is 0 Å². The molecule has 0 bridgehead atoms. The molecule has 0 aliphatic rings. The molecule has 0 unspecified atom stereocenters. The molecule has 102 valence electrons. The van der Waals surface area contributed by atoms with Crippen molar-refractivity contribution in [3.8, 4) is 6.07 Å². The van der Waals surface area contributed by atoms with Crippen LogP contribution in [0.2, 0.25) is 0 Å². The van der Waals surface area contributed by atoms with Crippen LogP contribution in [0.15, 0.2) is 24.3 Å². The number of hydrogen-bond acceptors (Lipinski definition) is 2. The van der Waals surface area contributed by atoms with Crippen LogP contribution in [-0.4, -0.2) is 12.5 Å². The number of benzene rings is 1. The number of halogens is 3. The summed E-state index contributed by atoms with van der Waals surface area (Å²) < 4.78 is 36.9. The number of nitrogens with zero attached hydrogens (tertiary/aromatic N) is 1. The molecule has 0 saturated carbocycles. The molecule has 0 aliphatic carbocycles. The molecule has 1 aromatic carbocycles. The minimum atomic E-state index is -4.40. The second kappa shape index (κ2) is 6.78. The van der Waals surface area contributed by atoms with Crippen LogP contribution in [0.3, 0.4) is 0 Å². The highest BCUT2D eigenvalue weighted by molar-refractivity contribution is 5.94. The van der Waals surface area contributed by atoms with Crippen molar-refractivity contribution in [1.82, 2.24) is 5.32 Å². The number of alkyl halides is 3. The van der Waals surface area contributed by atoms with Gasteiger partial charge in [-0.2, -0.15) is 18.4 Å². The molecular formula is C13H13F3N2O. The molecular weight excluding hydrogens is 257 g/mol. The Bertz CT molecular complexity index is 460. The molecule has 1 N–H and O–H groups in total. The molecule has 1 aromatic rings. The number of amides is 1. The highest BCUT2D eigenvalue weighted by Crippen LogP contribution is 2.28. The van der Waals surface area contributed by atoms with Crippen LogP contribution in [0.5, 0.6) is 0 Å². The smallest absolute Gasteiger partial charge is 0.352 e. The third-order valence-corrected chi connectivity index (χ3v) is 2.48. The van der Waals surface area contributed by atoms with Crippen molar-refractivity contribution in [2.45, 2.75) is 25.4 Å². The lowest BCUT2D eigenvalue weighted by molar-refractivity contribution is -0.137. The summed E-state index contributed by atoms with van der Waals surface area (Å²) in [6.07, 6.45) is -2.62. The van der Waals surface area contributed by atoms with Crippen molar-refractivity contribution in [2.24, 2.45) is 0 Å². The number of nitrogens with one attached hydrogen (secondary N) is 1. The van der Waals surface area contributed by atoms with Crippen LogP contribution in [0.4, 0.5) is 13.2 Å². The van der Waals surface area contributed by atoms with Crippen molar-refractivity contribution in [3.63, 3.8) is 0 Å². The van der Waals surface area contributed by atoms with Gasteiger partial charge in [0.1, 0.15) is 0 Å². The fourth-order valence-electron chi connectivity index (χ4n) is 1.44. The first-order valence-electron chi connectivity index (χ1n) is 5.77. The van der Waals surface area contributed by atoms with E-state index in [0.29, 0.717) is 25.8 Å². The monoisotopic (exact) mass is 270 g/mol. The van der Waals surface area contributed by atoms with Crippen molar-refractivity contribution < 1.29 is 18.0 Å². The number of nitriles is 1. The number of hydrogen-bond donors (Lipinski definition) is 1. The molecule has 19 heavy (non-hydrogen) atoms. The Morgan fingerprint density at radius 3 is 2.37 bits per heavy atom. The Labute approximate surface area is 109 Å². The lowest BCUT2D eigenvalue weighted by Crippen LogP contribution is -2.24. The van der Waals surface area contributed by atoms with Crippen LogP contribution in [0, 0.1) is 11.3 Å².